The fraction of sp³-hybridized carbons (Fsp3) is 0.389. The number of carbonyl (C=O) groups is 1. The number of nitro benzene ring substituents is 1. The van der Waals surface area contributed by atoms with Crippen LogP contribution in [0.3, 0.4) is 0 Å². The number of ether oxygens (including phenoxy) is 1. The molecule has 8 heteroatoms. The van der Waals surface area contributed by atoms with E-state index < -0.39 is 4.92 Å². The van der Waals surface area contributed by atoms with Crippen LogP contribution in [0.4, 0.5) is 5.69 Å². The maximum absolute atomic E-state index is 12.0. The van der Waals surface area contributed by atoms with E-state index in [1.165, 1.54) is 12.1 Å². The first-order chi connectivity index (χ1) is 12.4. The Bertz CT molecular complexity index is 770. The molecule has 2 rings (SSSR count). The van der Waals surface area contributed by atoms with Gasteiger partial charge in [0.1, 0.15) is 18.1 Å². The van der Waals surface area contributed by atoms with Crippen molar-refractivity contribution < 1.29 is 18.9 Å². The van der Waals surface area contributed by atoms with Crippen LogP contribution in [0.2, 0.25) is 0 Å². The van der Waals surface area contributed by atoms with Crippen molar-refractivity contribution in [2.45, 2.75) is 20.0 Å². The summed E-state index contributed by atoms with van der Waals surface area (Å²) in [5, 5.41) is 13.6. The molecule has 0 fully saturated rings. The number of nitro groups is 1. The SMILES string of the molecule is Cc1cc(OCc2ccc(C(=O)NCCCN(C)C)o2)ccc1[N+](=O)[O-]. The van der Waals surface area contributed by atoms with Gasteiger partial charge in [-0.05, 0) is 58.3 Å². The first-order valence-corrected chi connectivity index (χ1v) is 8.26. The molecule has 0 saturated heterocycles. The highest BCUT2D eigenvalue weighted by Crippen LogP contribution is 2.23. The number of hydrogen-bond donors (Lipinski definition) is 1. The molecule has 0 radical (unpaired) electrons. The van der Waals surface area contributed by atoms with Gasteiger partial charge in [-0.3, -0.25) is 14.9 Å². The van der Waals surface area contributed by atoms with E-state index in [0.29, 0.717) is 23.6 Å². The van der Waals surface area contributed by atoms with Crippen molar-refractivity contribution in [2.24, 2.45) is 0 Å². The predicted molar refractivity (Wildman–Crippen MR) is 96.4 cm³/mol. The third kappa shape index (κ3) is 5.59. The fourth-order valence-corrected chi connectivity index (χ4v) is 2.34. The van der Waals surface area contributed by atoms with Gasteiger partial charge in [0, 0.05) is 18.2 Å². The molecule has 0 aliphatic carbocycles. The minimum absolute atomic E-state index is 0.0450. The summed E-state index contributed by atoms with van der Waals surface area (Å²) < 4.78 is 11.1. The van der Waals surface area contributed by atoms with Crippen molar-refractivity contribution in [3.05, 3.63) is 57.5 Å². The highest BCUT2D eigenvalue weighted by Gasteiger charge is 2.13. The molecule has 26 heavy (non-hydrogen) atoms. The minimum atomic E-state index is -0.435. The van der Waals surface area contributed by atoms with E-state index in [2.05, 4.69) is 10.2 Å². The summed E-state index contributed by atoms with van der Waals surface area (Å²) in [5.41, 5.74) is 0.563. The van der Waals surface area contributed by atoms with Gasteiger partial charge in [0.05, 0.1) is 4.92 Å². The lowest BCUT2D eigenvalue weighted by atomic mass is 10.2. The number of rotatable bonds is 9. The van der Waals surface area contributed by atoms with E-state index in [1.807, 2.05) is 14.1 Å². The van der Waals surface area contributed by atoms with Crippen LogP contribution in [0.5, 0.6) is 5.75 Å². The van der Waals surface area contributed by atoms with Crippen molar-refractivity contribution in [1.82, 2.24) is 10.2 Å². The Balaban J connectivity index is 1.85. The third-order valence-electron chi connectivity index (χ3n) is 3.70. The summed E-state index contributed by atoms with van der Waals surface area (Å²) in [7, 11) is 3.96. The van der Waals surface area contributed by atoms with Gasteiger partial charge in [-0.25, -0.2) is 0 Å². The summed E-state index contributed by atoms with van der Waals surface area (Å²) in [6.45, 7) is 3.25. The topological polar surface area (TPSA) is 97.8 Å². The number of amides is 1. The maximum Gasteiger partial charge on any atom is 0.286 e. The minimum Gasteiger partial charge on any atom is -0.486 e. The Labute approximate surface area is 151 Å². The summed E-state index contributed by atoms with van der Waals surface area (Å²) in [5.74, 6) is 0.966. The number of benzene rings is 1. The Hall–Kier alpha value is -2.87. The van der Waals surface area contributed by atoms with Gasteiger partial charge in [-0.15, -0.1) is 0 Å². The van der Waals surface area contributed by atoms with Gasteiger partial charge in [0.25, 0.3) is 11.6 Å². The average Bonchev–Trinajstić information content (AvgIpc) is 3.05. The van der Waals surface area contributed by atoms with Crippen LogP contribution in [0.15, 0.2) is 34.7 Å². The van der Waals surface area contributed by atoms with Gasteiger partial charge in [0.15, 0.2) is 5.76 Å². The molecular weight excluding hydrogens is 338 g/mol. The Kier molecular flexibility index (Phi) is 6.74. The lowest BCUT2D eigenvalue weighted by Crippen LogP contribution is -2.26. The molecule has 0 saturated carbocycles. The van der Waals surface area contributed by atoms with Crippen LogP contribution in [0.25, 0.3) is 0 Å². The van der Waals surface area contributed by atoms with Crippen molar-refractivity contribution in [2.75, 3.05) is 27.2 Å². The zero-order valence-electron chi connectivity index (χ0n) is 15.2. The Morgan fingerprint density at radius 1 is 1.31 bits per heavy atom. The molecule has 140 valence electrons. The molecule has 8 nitrogen and oxygen atoms in total. The molecule has 0 atom stereocenters. The molecule has 1 amide bonds. The Morgan fingerprint density at radius 2 is 2.08 bits per heavy atom. The standard InChI is InChI=1S/C18H23N3O5/c1-13-11-14(5-7-16(13)21(23)24)25-12-15-6-8-17(26-15)18(22)19-9-4-10-20(2)3/h5-8,11H,4,9-10,12H2,1-3H3,(H,19,22). The molecule has 0 unspecified atom stereocenters. The summed E-state index contributed by atoms with van der Waals surface area (Å²) >= 11 is 0. The lowest BCUT2D eigenvalue weighted by Gasteiger charge is -2.09. The second kappa shape index (κ2) is 9.00. The van der Waals surface area contributed by atoms with Crippen molar-refractivity contribution >= 4 is 11.6 Å². The monoisotopic (exact) mass is 361 g/mol. The summed E-state index contributed by atoms with van der Waals surface area (Å²) in [6, 6.07) is 7.80. The van der Waals surface area contributed by atoms with Gasteiger partial charge in [0.2, 0.25) is 0 Å². The number of carbonyl (C=O) groups excluding carboxylic acids is 1. The highest BCUT2D eigenvalue weighted by molar-refractivity contribution is 5.91. The van der Waals surface area contributed by atoms with E-state index in [0.717, 1.165) is 13.0 Å². The highest BCUT2D eigenvalue weighted by atomic mass is 16.6. The van der Waals surface area contributed by atoms with E-state index in [9.17, 15) is 14.9 Å². The molecule has 0 aliphatic rings. The van der Waals surface area contributed by atoms with Crippen LogP contribution in [-0.2, 0) is 6.61 Å². The summed E-state index contributed by atoms with van der Waals surface area (Å²) in [6.07, 6.45) is 0.856. The van der Waals surface area contributed by atoms with Gasteiger partial charge < -0.3 is 19.4 Å². The number of aryl methyl sites for hydroxylation is 1. The first kappa shape index (κ1) is 19.5. The molecular formula is C18H23N3O5. The van der Waals surface area contributed by atoms with E-state index in [-0.39, 0.29) is 24.0 Å². The molecule has 1 aromatic carbocycles. The van der Waals surface area contributed by atoms with Crippen LogP contribution < -0.4 is 10.1 Å². The van der Waals surface area contributed by atoms with Crippen LogP contribution in [-0.4, -0.2) is 42.9 Å². The molecule has 0 spiro atoms. The average molecular weight is 361 g/mol. The van der Waals surface area contributed by atoms with E-state index >= 15 is 0 Å². The van der Waals surface area contributed by atoms with Crippen LogP contribution in [0, 0.1) is 17.0 Å². The van der Waals surface area contributed by atoms with Gasteiger partial charge in [-0.1, -0.05) is 0 Å². The zero-order chi connectivity index (χ0) is 19.1. The molecule has 0 aliphatic heterocycles. The normalized spacial score (nSPS) is 10.8. The number of nitrogens with one attached hydrogen (secondary N) is 1. The van der Waals surface area contributed by atoms with Crippen molar-refractivity contribution in [3.63, 3.8) is 0 Å². The number of nitrogens with zero attached hydrogens (tertiary/aromatic N) is 2. The molecule has 1 N–H and O–H groups in total. The largest absolute Gasteiger partial charge is 0.486 e. The Morgan fingerprint density at radius 3 is 2.73 bits per heavy atom. The van der Waals surface area contributed by atoms with Crippen LogP contribution in [0.1, 0.15) is 28.3 Å². The summed E-state index contributed by atoms with van der Waals surface area (Å²) in [4.78, 5) is 24.4. The van der Waals surface area contributed by atoms with Crippen LogP contribution >= 0.6 is 0 Å². The molecule has 1 heterocycles. The third-order valence-corrected chi connectivity index (χ3v) is 3.70. The quantitative estimate of drug-likeness (QED) is 0.419. The van der Waals surface area contributed by atoms with E-state index in [4.69, 9.17) is 9.15 Å². The molecule has 0 bridgehead atoms. The van der Waals surface area contributed by atoms with Gasteiger partial charge >= 0.3 is 0 Å². The second-order valence-corrected chi connectivity index (χ2v) is 6.17. The number of hydrogen-bond acceptors (Lipinski definition) is 6. The molecule has 2 aromatic rings. The second-order valence-electron chi connectivity index (χ2n) is 6.17. The number of furan rings is 1. The van der Waals surface area contributed by atoms with Gasteiger partial charge in [-0.2, -0.15) is 0 Å². The van der Waals surface area contributed by atoms with Crippen molar-refractivity contribution in [1.29, 1.82) is 0 Å². The van der Waals surface area contributed by atoms with Crippen molar-refractivity contribution in [3.8, 4) is 5.75 Å². The fourth-order valence-electron chi connectivity index (χ4n) is 2.34. The zero-order valence-corrected chi connectivity index (χ0v) is 15.2. The molecule has 1 aromatic heterocycles. The first-order valence-electron chi connectivity index (χ1n) is 8.26. The smallest absolute Gasteiger partial charge is 0.286 e. The predicted octanol–water partition coefficient (Wildman–Crippen LogP) is 2.76. The van der Waals surface area contributed by atoms with E-state index in [1.54, 1.807) is 25.1 Å². The maximum atomic E-state index is 12.0. The lowest BCUT2D eigenvalue weighted by molar-refractivity contribution is -0.385.